The Morgan fingerprint density at radius 3 is 2.28 bits per heavy atom. The Balaban J connectivity index is 2.29. The van der Waals surface area contributed by atoms with Crippen LogP contribution in [0.5, 0.6) is 0 Å². The monoisotopic (exact) mass is 262 g/mol. The van der Waals surface area contributed by atoms with E-state index in [1.54, 1.807) is 30.3 Å². The lowest BCUT2D eigenvalue weighted by molar-refractivity contribution is -0.174. The second kappa shape index (κ2) is 5.89. The van der Waals surface area contributed by atoms with Gasteiger partial charge in [0.15, 0.2) is 0 Å². The van der Waals surface area contributed by atoms with Gasteiger partial charge in [0.2, 0.25) is 0 Å². The molecule has 0 aromatic heterocycles. The Labute approximate surface area is 99.9 Å². The average molecular weight is 262 g/mol. The maximum Gasteiger partial charge on any atom is 0.472 e. The zero-order valence-corrected chi connectivity index (χ0v) is 8.95. The van der Waals surface area contributed by atoms with E-state index >= 15 is 0 Å². The van der Waals surface area contributed by atoms with Gasteiger partial charge in [-0.05, 0) is 5.56 Å². The second-order valence-electron chi connectivity index (χ2n) is 3.14. The fourth-order valence-corrected chi connectivity index (χ4v) is 0.938. The normalized spacial score (nSPS) is 10.6. The molecule has 2 N–H and O–H groups in total. The number of nitrogens with one attached hydrogen (secondary N) is 2. The maximum atomic E-state index is 11.7. The highest BCUT2D eigenvalue weighted by molar-refractivity contribution is 5.83. The molecule has 2 amide bonds. The molecule has 0 heterocycles. The molecule has 0 aliphatic rings. The van der Waals surface area contributed by atoms with Gasteiger partial charge in [-0.15, -0.1) is 0 Å². The minimum atomic E-state index is -5.06. The van der Waals surface area contributed by atoms with Gasteiger partial charge in [-0.25, -0.2) is 10.2 Å². The van der Waals surface area contributed by atoms with E-state index in [-0.39, 0.29) is 6.61 Å². The van der Waals surface area contributed by atoms with Crippen molar-refractivity contribution in [2.45, 2.75) is 12.8 Å². The second-order valence-corrected chi connectivity index (χ2v) is 3.14. The molecule has 0 atom stereocenters. The number of benzene rings is 1. The van der Waals surface area contributed by atoms with Gasteiger partial charge in [0.05, 0.1) is 0 Å². The third kappa shape index (κ3) is 4.73. The molecule has 0 radical (unpaired) electrons. The third-order valence-corrected chi connectivity index (χ3v) is 1.75. The lowest BCUT2D eigenvalue weighted by atomic mass is 10.2. The summed E-state index contributed by atoms with van der Waals surface area (Å²) in [7, 11) is 0. The summed E-state index contributed by atoms with van der Waals surface area (Å²) in [5.41, 5.74) is 3.31. The van der Waals surface area contributed by atoms with Crippen molar-refractivity contribution in [3.05, 3.63) is 35.9 Å². The van der Waals surface area contributed by atoms with Crippen LogP contribution in [-0.2, 0) is 16.1 Å². The van der Waals surface area contributed by atoms with Crippen molar-refractivity contribution >= 4 is 12.0 Å². The molecule has 0 spiro atoms. The summed E-state index contributed by atoms with van der Waals surface area (Å²) in [5, 5.41) is 0. The van der Waals surface area contributed by atoms with Crippen LogP contribution in [0.3, 0.4) is 0 Å². The quantitative estimate of drug-likeness (QED) is 0.794. The van der Waals surface area contributed by atoms with E-state index in [1.807, 2.05) is 0 Å². The van der Waals surface area contributed by atoms with Crippen LogP contribution in [0.15, 0.2) is 30.3 Å². The number of ether oxygens (including phenoxy) is 1. The average Bonchev–Trinajstić information content (AvgIpc) is 2.33. The highest BCUT2D eigenvalue weighted by Gasteiger charge is 2.39. The van der Waals surface area contributed by atoms with Crippen LogP contribution in [0.4, 0.5) is 18.0 Å². The Bertz CT molecular complexity index is 420. The van der Waals surface area contributed by atoms with E-state index in [0.717, 1.165) is 0 Å². The van der Waals surface area contributed by atoms with Crippen molar-refractivity contribution in [2.75, 3.05) is 0 Å². The number of carbonyl (C=O) groups excluding carboxylic acids is 2. The van der Waals surface area contributed by atoms with Gasteiger partial charge >= 0.3 is 18.2 Å². The van der Waals surface area contributed by atoms with Crippen molar-refractivity contribution in [3.63, 3.8) is 0 Å². The summed E-state index contributed by atoms with van der Waals surface area (Å²) < 4.78 is 39.8. The van der Waals surface area contributed by atoms with Crippen LogP contribution in [0.25, 0.3) is 0 Å². The summed E-state index contributed by atoms with van der Waals surface area (Å²) in [4.78, 5) is 21.3. The number of amides is 2. The largest absolute Gasteiger partial charge is 0.472 e. The molecule has 0 aliphatic carbocycles. The lowest BCUT2D eigenvalue weighted by Gasteiger charge is -2.09. The molecule has 0 aliphatic heterocycles. The Morgan fingerprint density at radius 2 is 1.72 bits per heavy atom. The van der Waals surface area contributed by atoms with Crippen LogP contribution < -0.4 is 10.9 Å². The molecule has 0 saturated heterocycles. The van der Waals surface area contributed by atoms with Gasteiger partial charge in [0, 0.05) is 0 Å². The molecule has 0 saturated carbocycles. The summed E-state index contributed by atoms with van der Waals surface area (Å²) in [6, 6.07) is 8.51. The smallest absolute Gasteiger partial charge is 0.443 e. The predicted octanol–water partition coefficient (Wildman–Crippen LogP) is 1.51. The molecule has 1 aromatic carbocycles. The number of rotatable bonds is 2. The van der Waals surface area contributed by atoms with E-state index < -0.39 is 18.2 Å². The zero-order valence-electron chi connectivity index (χ0n) is 8.95. The Kier molecular flexibility index (Phi) is 4.52. The van der Waals surface area contributed by atoms with Crippen LogP contribution in [-0.4, -0.2) is 18.2 Å². The van der Waals surface area contributed by atoms with Crippen LogP contribution >= 0.6 is 0 Å². The van der Waals surface area contributed by atoms with Crippen molar-refractivity contribution < 1.29 is 27.5 Å². The lowest BCUT2D eigenvalue weighted by Crippen LogP contribution is -2.47. The summed E-state index contributed by atoms with van der Waals surface area (Å²) in [6.45, 7) is -0.117. The molecule has 1 rings (SSSR count). The maximum absolute atomic E-state index is 11.7. The van der Waals surface area contributed by atoms with Crippen molar-refractivity contribution in [2.24, 2.45) is 0 Å². The molecule has 18 heavy (non-hydrogen) atoms. The molecule has 5 nitrogen and oxygen atoms in total. The first-order valence-corrected chi connectivity index (χ1v) is 4.73. The first-order chi connectivity index (χ1) is 8.39. The number of halogens is 3. The highest BCUT2D eigenvalue weighted by Crippen LogP contribution is 2.13. The number of hydrogen-bond donors (Lipinski definition) is 2. The van der Waals surface area contributed by atoms with Crippen molar-refractivity contribution in [1.29, 1.82) is 0 Å². The Morgan fingerprint density at radius 1 is 1.11 bits per heavy atom. The minimum absolute atomic E-state index is 0.117. The number of alkyl halides is 3. The molecule has 8 heteroatoms. The Hall–Kier alpha value is -2.25. The summed E-state index contributed by atoms with van der Waals surface area (Å²) in [5.74, 6) is -2.28. The predicted molar refractivity (Wildman–Crippen MR) is 54.0 cm³/mol. The van der Waals surface area contributed by atoms with Gasteiger partial charge in [-0.2, -0.15) is 13.2 Å². The van der Waals surface area contributed by atoms with E-state index in [0.29, 0.717) is 5.56 Å². The van der Waals surface area contributed by atoms with Gasteiger partial charge < -0.3 is 4.74 Å². The SMILES string of the molecule is O=C(NNC(=O)C(F)(F)F)OCc1ccccc1. The zero-order chi connectivity index (χ0) is 13.6. The molecule has 98 valence electrons. The molecular weight excluding hydrogens is 253 g/mol. The van der Waals surface area contributed by atoms with Crippen molar-refractivity contribution in [1.82, 2.24) is 10.9 Å². The number of hydrogen-bond acceptors (Lipinski definition) is 3. The van der Waals surface area contributed by atoms with E-state index in [1.165, 1.54) is 10.9 Å². The van der Waals surface area contributed by atoms with Crippen LogP contribution in [0.2, 0.25) is 0 Å². The molecule has 0 fully saturated rings. The highest BCUT2D eigenvalue weighted by atomic mass is 19.4. The van der Waals surface area contributed by atoms with E-state index in [9.17, 15) is 22.8 Å². The van der Waals surface area contributed by atoms with Gasteiger partial charge in [0.1, 0.15) is 6.61 Å². The minimum Gasteiger partial charge on any atom is -0.443 e. The topological polar surface area (TPSA) is 67.4 Å². The van der Waals surface area contributed by atoms with E-state index in [4.69, 9.17) is 0 Å². The molecule has 1 aromatic rings. The number of carbonyl (C=O) groups is 2. The molecule has 0 bridgehead atoms. The van der Waals surface area contributed by atoms with Crippen LogP contribution in [0, 0.1) is 0 Å². The fourth-order valence-electron chi connectivity index (χ4n) is 0.938. The van der Waals surface area contributed by atoms with Crippen molar-refractivity contribution in [3.8, 4) is 0 Å². The first kappa shape index (κ1) is 13.8. The molecular formula is C10H9F3N2O3. The summed E-state index contributed by atoms with van der Waals surface area (Å²) >= 11 is 0. The fraction of sp³-hybridized carbons (Fsp3) is 0.200. The molecule has 0 unspecified atom stereocenters. The third-order valence-electron chi connectivity index (χ3n) is 1.75. The van der Waals surface area contributed by atoms with Crippen LogP contribution in [0.1, 0.15) is 5.56 Å². The standard InChI is InChI=1S/C10H9F3N2O3/c11-10(12,13)8(16)14-15-9(17)18-6-7-4-2-1-3-5-7/h1-5H,6H2,(H,14,16)(H,15,17). The summed E-state index contributed by atoms with van der Waals surface area (Å²) in [6.07, 6.45) is -6.25. The first-order valence-electron chi connectivity index (χ1n) is 4.73. The van der Waals surface area contributed by atoms with Gasteiger partial charge in [-0.1, -0.05) is 30.3 Å². The number of hydrazine groups is 1. The van der Waals surface area contributed by atoms with E-state index in [2.05, 4.69) is 4.74 Å². The van der Waals surface area contributed by atoms with Gasteiger partial charge in [0.25, 0.3) is 0 Å². The van der Waals surface area contributed by atoms with Gasteiger partial charge in [-0.3, -0.25) is 10.2 Å².